The van der Waals surface area contributed by atoms with Gasteiger partial charge in [-0.25, -0.2) is 4.98 Å². The van der Waals surface area contributed by atoms with Gasteiger partial charge in [0.1, 0.15) is 5.03 Å². The Kier molecular flexibility index (Phi) is 3.87. The van der Waals surface area contributed by atoms with Crippen molar-refractivity contribution in [1.82, 2.24) is 4.98 Å². The maximum atomic E-state index is 5.00. The molecule has 0 amide bonds. The lowest BCUT2D eigenvalue weighted by atomic mass is 9.56. The highest BCUT2D eigenvalue weighted by Gasteiger charge is 2.53. The number of hydrogen-bond acceptors (Lipinski definition) is 3. The molecule has 0 spiro atoms. The summed E-state index contributed by atoms with van der Waals surface area (Å²) in [4.78, 5) is 6.53. The number of pyridine rings is 1. The third kappa shape index (κ3) is 2.85. The molecule has 8 bridgehead atoms. The van der Waals surface area contributed by atoms with E-state index in [0.717, 1.165) is 35.5 Å². The zero-order chi connectivity index (χ0) is 18.3. The Hall–Kier alpha value is -0.150. The summed E-state index contributed by atoms with van der Waals surface area (Å²) in [5, 5.41) is 1.39. The molecule has 1 aromatic rings. The van der Waals surface area contributed by atoms with Gasteiger partial charge in [-0.1, -0.05) is 11.8 Å². The molecule has 0 radical (unpaired) electrons. The minimum absolute atomic E-state index is 0.528. The minimum Gasteiger partial charge on any atom is -0.249 e. The summed E-state index contributed by atoms with van der Waals surface area (Å²) >= 11 is 4.50. The molecular formula is C25H33NS2. The predicted octanol–water partition coefficient (Wildman–Crippen LogP) is 7.20. The Labute approximate surface area is 178 Å². The summed E-state index contributed by atoms with van der Waals surface area (Å²) < 4.78 is 1.08. The van der Waals surface area contributed by atoms with Crippen molar-refractivity contribution in [2.24, 2.45) is 35.5 Å². The molecule has 0 atom stereocenters. The van der Waals surface area contributed by atoms with E-state index in [2.05, 4.69) is 41.9 Å². The first-order valence-electron chi connectivity index (χ1n) is 12.0. The van der Waals surface area contributed by atoms with Crippen molar-refractivity contribution in [1.29, 1.82) is 0 Å². The van der Waals surface area contributed by atoms with Gasteiger partial charge in [0.05, 0.1) is 0 Å². The topological polar surface area (TPSA) is 12.9 Å². The summed E-state index contributed by atoms with van der Waals surface area (Å²) in [5.74, 6) is 6.20. The van der Waals surface area contributed by atoms with E-state index < -0.39 is 0 Å². The normalized spacial score (nSPS) is 50.4. The number of aromatic nitrogens is 1. The molecule has 0 N–H and O–H groups in total. The molecule has 28 heavy (non-hydrogen) atoms. The van der Waals surface area contributed by atoms with E-state index in [1.165, 1.54) is 67.7 Å². The van der Waals surface area contributed by atoms with Crippen molar-refractivity contribution in [3.63, 3.8) is 0 Å². The molecule has 1 heterocycles. The van der Waals surface area contributed by atoms with Gasteiger partial charge in [-0.15, -0.1) is 11.8 Å². The van der Waals surface area contributed by atoms with Crippen molar-refractivity contribution >= 4 is 23.5 Å². The number of thioether (sulfide) groups is 2. The average molecular weight is 412 g/mol. The van der Waals surface area contributed by atoms with Gasteiger partial charge < -0.3 is 0 Å². The molecule has 9 rings (SSSR count). The van der Waals surface area contributed by atoms with Crippen LogP contribution in [0, 0.1) is 35.5 Å². The first-order chi connectivity index (χ1) is 13.6. The number of rotatable bonds is 4. The summed E-state index contributed by atoms with van der Waals surface area (Å²) in [5.41, 5.74) is 0. The van der Waals surface area contributed by atoms with E-state index in [1.807, 2.05) is 0 Å². The fourth-order valence-corrected chi connectivity index (χ4v) is 12.9. The van der Waals surface area contributed by atoms with Crippen LogP contribution in [0.3, 0.4) is 0 Å². The van der Waals surface area contributed by atoms with E-state index in [0.29, 0.717) is 9.49 Å². The van der Waals surface area contributed by atoms with Gasteiger partial charge in [0.15, 0.2) is 0 Å². The van der Waals surface area contributed by atoms with Crippen molar-refractivity contribution in [2.45, 2.75) is 96.5 Å². The zero-order valence-corrected chi connectivity index (χ0v) is 18.6. The quantitative estimate of drug-likeness (QED) is 0.520. The number of nitrogens with zero attached hydrogens (tertiary/aromatic N) is 1. The monoisotopic (exact) mass is 411 g/mol. The highest BCUT2D eigenvalue weighted by molar-refractivity contribution is 8.03. The Morgan fingerprint density at radius 3 is 1.54 bits per heavy atom. The fraction of sp³-hybridized carbons (Fsp3) is 0.800. The molecular weight excluding hydrogens is 378 g/mol. The largest absolute Gasteiger partial charge is 0.249 e. The summed E-state index contributed by atoms with van der Waals surface area (Å²) in [6.45, 7) is 0. The molecule has 1 nitrogen and oxygen atoms in total. The van der Waals surface area contributed by atoms with Gasteiger partial charge in [0.25, 0.3) is 0 Å². The molecule has 8 saturated carbocycles. The summed E-state index contributed by atoms with van der Waals surface area (Å²) in [7, 11) is 0. The standard InChI is InChI=1S/C25H33NS2/c1-2-22(27-24-10-16-4-17(11-24)6-18(5-16)12-24)23(26-3-1)28-25-13-19-7-20(14-25)9-21(8-19)15-25/h1-3,16-21H,4-15H2. The SMILES string of the molecule is c1cnc(SC23CC4CC(CC(C4)C2)C3)c(SC23CC4CC(CC(C4)C2)C3)c1. The Balaban J connectivity index is 1.17. The van der Waals surface area contributed by atoms with Crippen LogP contribution in [-0.2, 0) is 0 Å². The molecule has 8 aliphatic carbocycles. The molecule has 0 aliphatic heterocycles. The van der Waals surface area contributed by atoms with Crippen LogP contribution in [0.1, 0.15) is 77.0 Å². The molecule has 8 aliphatic rings. The van der Waals surface area contributed by atoms with Gasteiger partial charge in [0, 0.05) is 20.6 Å². The van der Waals surface area contributed by atoms with Crippen molar-refractivity contribution in [3.8, 4) is 0 Å². The summed E-state index contributed by atoms with van der Waals surface area (Å²) in [6, 6.07) is 4.62. The Morgan fingerprint density at radius 2 is 1.07 bits per heavy atom. The number of hydrogen-bond donors (Lipinski definition) is 0. The maximum Gasteiger partial charge on any atom is 0.110 e. The highest BCUT2D eigenvalue weighted by atomic mass is 32.2. The van der Waals surface area contributed by atoms with Crippen LogP contribution in [0.15, 0.2) is 28.3 Å². The van der Waals surface area contributed by atoms with E-state index in [1.54, 1.807) is 19.3 Å². The fourth-order valence-electron chi connectivity index (χ4n) is 9.28. The van der Waals surface area contributed by atoms with Gasteiger partial charge >= 0.3 is 0 Å². The molecule has 150 valence electrons. The summed E-state index contributed by atoms with van der Waals surface area (Å²) in [6.07, 6.45) is 20.2. The molecule has 0 unspecified atom stereocenters. The van der Waals surface area contributed by atoms with Gasteiger partial charge in [0.2, 0.25) is 0 Å². The molecule has 8 fully saturated rings. The third-order valence-electron chi connectivity index (χ3n) is 9.34. The first-order valence-corrected chi connectivity index (χ1v) is 13.6. The van der Waals surface area contributed by atoms with Crippen LogP contribution in [0.2, 0.25) is 0 Å². The molecule has 0 saturated heterocycles. The van der Waals surface area contributed by atoms with Crippen LogP contribution in [-0.4, -0.2) is 14.5 Å². The second kappa shape index (κ2) is 6.19. The first kappa shape index (κ1) is 17.5. The van der Waals surface area contributed by atoms with E-state index in [9.17, 15) is 0 Å². The Morgan fingerprint density at radius 1 is 0.643 bits per heavy atom. The highest BCUT2D eigenvalue weighted by Crippen LogP contribution is 2.65. The van der Waals surface area contributed by atoms with E-state index >= 15 is 0 Å². The van der Waals surface area contributed by atoms with Gasteiger partial charge in [-0.3, -0.25) is 0 Å². The second-order valence-corrected chi connectivity index (χ2v) is 14.7. The zero-order valence-electron chi connectivity index (χ0n) is 16.9. The van der Waals surface area contributed by atoms with Crippen molar-refractivity contribution in [2.75, 3.05) is 0 Å². The third-order valence-corrected chi connectivity index (χ3v) is 12.4. The van der Waals surface area contributed by atoms with Crippen LogP contribution in [0.4, 0.5) is 0 Å². The van der Waals surface area contributed by atoms with E-state index in [4.69, 9.17) is 4.98 Å². The second-order valence-electron chi connectivity index (χ2n) is 11.7. The van der Waals surface area contributed by atoms with Gasteiger partial charge in [-0.05, 0) is 125 Å². The van der Waals surface area contributed by atoms with Crippen LogP contribution in [0.25, 0.3) is 0 Å². The van der Waals surface area contributed by atoms with Crippen LogP contribution >= 0.6 is 23.5 Å². The lowest BCUT2D eigenvalue weighted by Gasteiger charge is -2.57. The van der Waals surface area contributed by atoms with Gasteiger partial charge in [-0.2, -0.15) is 0 Å². The lowest BCUT2D eigenvalue weighted by molar-refractivity contribution is 0.0378. The Bertz CT molecular complexity index is 651. The predicted molar refractivity (Wildman–Crippen MR) is 118 cm³/mol. The molecule has 1 aromatic heterocycles. The minimum atomic E-state index is 0.528. The smallest absolute Gasteiger partial charge is 0.110 e. The average Bonchev–Trinajstić information content (AvgIpc) is 2.60. The molecule has 0 aromatic carbocycles. The van der Waals surface area contributed by atoms with Crippen molar-refractivity contribution < 1.29 is 0 Å². The van der Waals surface area contributed by atoms with Crippen LogP contribution in [0.5, 0.6) is 0 Å². The molecule has 3 heteroatoms. The van der Waals surface area contributed by atoms with Crippen molar-refractivity contribution in [3.05, 3.63) is 18.3 Å². The lowest BCUT2D eigenvalue weighted by Crippen LogP contribution is -2.49. The van der Waals surface area contributed by atoms with Crippen LogP contribution < -0.4 is 0 Å². The maximum absolute atomic E-state index is 5.00. The van der Waals surface area contributed by atoms with E-state index in [-0.39, 0.29) is 0 Å².